The van der Waals surface area contributed by atoms with Gasteiger partial charge in [0.2, 0.25) is 5.95 Å². The Hall–Kier alpha value is -1.12. The first kappa shape index (κ1) is 10.4. The van der Waals surface area contributed by atoms with Crippen LogP contribution >= 0.6 is 0 Å². The van der Waals surface area contributed by atoms with Crippen molar-refractivity contribution in [3.8, 4) is 0 Å². The van der Waals surface area contributed by atoms with Gasteiger partial charge in [-0.3, -0.25) is 0 Å². The number of hydrogen-bond donors (Lipinski definition) is 0. The van der Waals surface area contributed by atoms with Gasteiger partial charge >= 0.3 is 0 Å². The molecule has 82 valence electrons. The smallest absolute Gasteiger partial charge is 0.226 e. The molecule has 0 radical (unpaired) electrons. The maximum atomic E-state index is 4.52. The van der Waals surface area contributed by atoms with E-state index in [1.165, 1.54) is 6.42 Å². The first-order valence-electron chi connectivity index (χ1n) is 5.67. The van der Waals surface area contributed by atoms with Crippen molar-refractivity contribution < 1.29 is 0 Å². The standard InChI is InChI=1S/C12H19N3/c1-8-5-6-15(11(8)4)12-13-9(2)7-10(3)14-12/h7-8,11H,5-6H2,1-4H3. The summed E-state index contributed by atoms with van der Waals surface area (Å²) in [5.74, 6) is 1.65. The summed E-state index contributed by atoms with van der Waals surface area (Å²) in [6, 6.07) is 2.58. The summed E-state index contributed by atoms with van der Waals surface area (Å²) in [5, 5.41) is 0. The summed E-state index contributed by atoms with van der Waals surface area (Å²) < 4.78 is 0. The van der Waals surface area contributed by atoms with E-state index in [0.717, 1.165) is 29.8 Å². The molecule has 2 unspecified atom stereocenters. The van der Waals surface area contributed by atoms with Gasteiger partial charge in [-0.1, -0.05) is 6.92 Å². The van der Waals surface area contributed by atoms with Crippen LogP contribution in [0.2, 0.25) is 0 Å². The van der Waals surface area contributed by atoms with Crippen molar-refractivity contribution in [3.63, 3.8) is 0 Å². The molecule has 2 heterocycles. The minimum absolute atomic E-state index is 0.561. The van der Waals surface area contributed by atoms with Crippen LogP contribution in [0.1, 0.15) is 31.7 Å². The summed E-state index contributed by atoms with van der Waals surface area (Å²) >= 11 is 0. The van der Waals surface area contributed by atoms with E-state index >= 15 is 0 Å². The lowest BCUT2D eigenvalue weighted by atomic mass is 10.1. The number of aryl methyl sites for hydroxylation is 2. The summed E-state index contributed by atoms with van der Waals surface area (Å²) in [4.78, 5) is 11.4. The van der Waals surface area contributed by atoms with E-state index in [2.05, 4.69) is 28.7 Å². The molecule has 15 heavy (non-hydrogen) atoms. The van der Waals surface area contributed by atoms with Crippen molar-refractivity contribution in [2.24, 2.45) is 5.92 Å². The van der Waals surface area contributed by atoms with E-state index in [0.29, 0.717) is 6.04 Å². The molecule has 2 rings (SSSR count). The van der Waals surface area contributed by atoms with Crippen LogP contribution in [0.25, 0.3) is 0 Å². The van der Waals surface area contributed by atoms with Crippen LogP contribution in [-0.2, 0) is 0 Å². The third kappa shape index (κ3) is 1.96. The molecule has 0 aliphatic carbocycles. The fraction of sp³-hybridized carbons (Fsp3) is 0.667. The van der Waals surface area contributed by atoms with E-state index < -0.39 is 0 Å². The summed E-state index contributed by atoms with van der Waals surface area (Å²) in [7, 11) is 0. The zero-order valence-electron chi connectivity index (χ0n) is 9.99. The minimum atomic E-state index is 0.561. The molecule has 1 fully saturated rings. The van der Waals surface area contributed by atoms with Crippen molar-refractivity contribution in [2.75, 3.05) is 11.4 Å². The van der Waals surface area contributed by atoms with E-state index in [9.17, 15) is 0 Å². The van der Waals surface area contributed by atoms with Crippen molar-refractivity contribution in [1.29, 1.82) is 0 Å². The fourth-order valence-electron chi connectivity index (χ4n) is 2.21. The SMILES string of the molecule is Cc1cc(C)nc(N2CCC(C)C2C)n1. The monoisotopic (exact) mass is 205 g/mol. The van der Waals surface area contributed by atoms with Gasteiger partial charge in [-0.15, -0.1) is 0 Å². The van der Waals surface area contributed by atoms with Crippen LogP contribution in [0.15, 0.2) is 6.07 Å². The number of nitrogens with zero attached hydrogens (tertiary/aromatic N) is 3. The van der Waals surface area contributed by atoms with Gasteiger partial charge in [0.25, 0.3) is 0 Å². The second-order valence-corrected chi connectivity index (χ2v) is 4.65. The molecule has 0 aromatic carbocycles. The Bertz CT molecular complexity index is 342. The van der Waals surface area contributed by atoms with E-state index in [1.807, 2.05) is 19.9 Å². The molecule has 3 heteroatoms. The van der Waals surface area contributed by atoms with Gasteiger partial charge in [0.05, 0.1) is 0 Å². The normalized spacial score (nSPS) is 26.0. The zero-order chi connectivity index (χ0) is 11.0. The molecule has 3 nitrogen and oxygen atoms in total. The number of rotatable bonds is 1. The highest BCUT2D eigenvalue weighted by Crippen LogP contribution is 2.26. The van der Waals surface area contributed by atoms with Crippen molar-refractivity contribution in [1.82, 2.24) is 9.97 Å². The Labute approximate surface area is 91.5 Å². The molecule has 2 atom stereocenters. The number of hydrogen-bond acceptors (Lipinski definition) is 3. The van der Waals surface area contributed by atoms with Gasteiger partial charge in [0.1, 0.15) is 0 Å². The quantitative estimate of drug-likeness (QED) is 0.704. The zero-order valence-corrected chi connectivity index (χ0v) is 9.99. The molecule has 0 amide bonds. The predicted molar refractivity (Wildman–Crippen MR) is 62.1 cm³/mol. The van der Waals surface area contributed by atoms with Gasteiger partial charge in [-0.05, 0) is 39.2 Å². The van der Waals surface area contributed by atoms with Crippen LogP contribution in [0, 0.1) is 19.8 Å². The molecule has 1 aliphatic heterocycles. The van der Waals surface area contributed by atoms with Crippen molar-refractivity contribution in [3.05, 3.63) is 17.5 Å². The van der Waals surface area contributed by atoms with Crippen LogP contribution in [0.3, 0.4) is 0 Å². The topological polar surface area (TPSA) is 29.0 Å². The average molecular weight is 205 g/mol. The molecule has 1 aliphatic rings. The second kappa shape index (κ2) is 3.80. The largest absolute Gasteiger partial charge is 0.338 e. The summed E-state index contributed by atoms with van der Waals surface area (Å²) in [6.45, 7) is 9.71. The van der Waals surface area contributed by atoms with Crippen LogP contribution < -0.4 is 4.90 Å². The van der Waals surface area contributed by atoms with Gasteiger partial charge < -0.3 is 4.90 Å². The Morgan fingerprint density at radius 1 is 1.20 bits per heavy atom. The molecule has 1 aromatic rings. The Balaban J connectivity index is 2.30. The first-order valence-corrected chi connectivity index (χ1v) is 5.67. The summed E-state index contributed by atoms with van der Waals surface area (Å²) in [6.07, 6.45) is 1.25. The van der Waals surface area contributed by atoms with E-state index in [4.69, 9.17) is 0 Å². The fourth-order valence-corrected chi connectivity index (χ4v) is 2.21. The van der Waals surface area contributed by atoms with Gasteiger partial charge in [0, 0.05) is 24.0 Å². The van der Waals surface area contributed by atoms with Crippen LogP contribution in [-0.4, -0.2) is 22.6 Å². The molecular formula is C12H19N3. The number of aromatic nitrogens is 2. The molecule has 0 N–H and O–H groups in total. The van der Waals surface area contributed by atoms with Crippen molar-refractivity contribution >= 4 is 5.95 Å². The van der Waals surface area contributed by atoms with Crippen LogP contribution in [0.4, 0.5) is 5.95 Å². The summed E-state index contributed by atoms with van der Waals surface area (Å²) in [5.41, 5.74) is 2.12. The van der Waals surface area contributed by atoms with E-state index in [1.54, 1.807) is 0 Å². The molecule has 1 aromatic heterocycles. The predicted octanol–water partition coefficient (Wildman–Crippen LogP) is 2.33. The van der Waals surface area contributed by atoms with Gasteiger partial charge in [0.15, 0.2) is 0 Å². The first-order chi connectivity index (χ1) is 7.08. The highest BCUT2D eigenvalue weighted by atomic mass is 15.3. The lowest BCUT2D eigenvalue weighted by Crippen LogP contribution is -2.31. The molecule has 0 saturated carbocycles. The molecule has 0 bridgehead atoms. The third-order valence-electron chi connectivity index (χ3n) is 3.37. The Morgan fingerprint density at radius 2 is 1.80 bits per heavy atom. The van der Waals surface area contributed by atoms with Crippen LogP contribution in [0.5, 0.6) is 0 Å². The highest BCUT2D eigenvalue weighted by Gasteiger charge is 2.29. The Kier molecular flexibility index (Phi) is 2.63. The van der Waals surface area contributed by atoms with Gasteiger partial charge in [-0.25, -0.2) is 9.97 Å². The van der Waals surface area contributed by atoms with E-state index in [-0.39, 0.29) is 0 Å². The average Bonchev–Trinajstić information content (AvgIpc) is 2.46. The Morgan fingerprint density at radius 3 is 2.27 bits per heavy atom. The third-order valence-corrected chi connectivity index (χ3v) is 3.37. The lowest BCUT2D eigenvalue weighted by molar-refractivity contribution is 0.542. The maximum absolute atomic E-state index is 4.52. The minimum Gasteiger partial charge on any atom is -0.338 e. The molecular weight excluding hydrogens is 186 g/mol. The maximum Gasteiger partial charge on any atom is 0.226 e. The van der Waals surface area contributed by atoms with Crippen molar-refractivity contribution in [2.45, 2.75) is 40.2 Å². The highest BCUT2D eigenvalue weighted by molar-refractivity contribution is 5.35. The second-order valence-electron chi connectivity index (χ2n) is 4.65. The molecule has 0 spiro atoms. The molecule has 1 saturated heterocycles. The van der Waals surface area contributed by atoms with Gasteiger partial charge in [-0.2, -0.15) is 0 Å². The number of anilines is 1. The lowest BCUT2D eigenvalue weighted by Gasteiger charge is -2.23.